The van der Waals surface area contributed by atoms with Crippen molar-refractivity contribution in [1.82, 2.24) is 10.2 Å². The number of amides is 1. The van der Waals surface area contributed by atoms with Gasteiger partial charge in [-0.3, -0.25) is 4.79 Å². The molecule has 34 heavy (non-hydrogen) atoms. The van der Waals surface area contributed by atoms with Gasteiger partial charge in [0.25, 0.3) is 0 Å². The number of ether oxygens (including phenoxy) is 1. The van der Waals surface area contributed by atoms with Gasteiger partial charge < -0.3 is 15.0 Å². The van der Waals surface area contributed by atoms with E-state index >= 15 is 0 Å². The zero-order chi connectivity index (χ0) is 24.2. The number of benzene rings is 2. The molecule has 0 saturated carbocycles. The molecule has 1 amide bonds. The van der Waals surface area contributed by atoms with E-state index < -0.39 is 12.0 Å². The molecule has 0 bridgehead atoms. The molecule has 2 aliphatic heterocycles. The highest BCUT2D eigenvalue weighted by molar-refractivity contribution is 8.16. The van der Waals surface area contributed by atoms with Crippen LogP contribution in [0.3, 0.4) is 0 Å². The summed E-state index contributed by atoms with van der Waals surface area (Å²) in [6.07, 6.45) is 0.198. The Labute approximate surface area is 204 Å². The van der Waals surface area contributed by atoms with Gasteiger partial charge in [-0.05, 0) is 38.7 Å². The Balaban J connectivity index is 1.86. The number of hydrogen-bond donors (Lipinski definition) is 1. The summed E-state index contributed by atoms with van der Waals surface area (Å²) in [6, 6.07) is 17.4. The first-order valence-electron chi connectivity index (χ1n) is 11.4. The van der Waals surface area contributed by atoms with Crippen LogP contribution in [0, 0.1) is 6.92 Å². The lowest BCUT2D eigenvalue weighted by molar-refractivity contribution is -0.139. The number of nitrogens with zero attached hydrogens (tertiary/aromatic N) is 2. The zero-order valence-corrected chi connectivity index (χ0v) is 20.7. The van der Waals surface area contributed by atoms with Crippen LogP contribution in [-0.2, 0) is 14.3 Å². The van der Waals surface area contributed by atoms with E-state index in [-0.39, 0.29) is 25.0 Å². The molecule has 2 heterocycles. The molecule has 7 heteroatoms. The second-order valence-electron chi connectivity index (χ2n) is 8.55. The number of hydrogen-bond acceptors (Lipinski definition) is 6. The number of esters is 1. The minimum atomic E-state index is -0.463. The number of aliphatic imine (C=N–C) groups is 1. The van der Waals surface area contributed by atoms with Gasteiger partial charge in [-0.25, -0.2) is 9.79 Å². The van der Waals surface area contributed by atoms with E-state index in [1.54, 1.807) is 6.92 Å². The molecule has 176 valence electrons. The molecule has 0 aromatic heterocycles. The van der Waals surface area contributed by atoms with Crippen LogP contribution in [0.1, 0.15) is 49.9 Å². The van der Waals surface area contributed by atoms with E-state index in [1.807, 2.05) is 85.7 Å². The summed E-state index contributed by atoms with van der Waals surface area (Å²) in [7, 11) is 0. The summed E-state index contributed by atoms with van der Waals surface area (Å²) in [5, 5.41) is 5.65. The smallest absolute Gasteiger partial charge is 0.338 e. The zero-order valence-electron chi connectivity index (χ0n) is 19.9. The lowest BCUT2D eigenvalue weighted by Gasteiger charge is -2.37. The Kier molecular flexibility index (Phi) is 7.22. The van der Waals surface area contributed by atoms with Crippen LogP contribution in [0.2, 0.25) is 0 Å². The first kappa shape index (κ1) is 23.8. The Morgan fingerprint density at radius 2 is 1.82 bits per heavy atom. The van der Waals surface area contributed by atoms with Crippen LogP contribution in [0.5, 0.6) is 0 Å². The molecular weight excluding hydrogens is 446 g/mol. The van der Waals surface area contributed by atoms with Crippen molar-refractivity contribution < 1.29 is 14.3 Å². The van der Waals surface area contributed by atoms with E-state index in [1.165, 1.54) is 11.8 Å². The van der Waals surface area contributed by atoms with Crippen molar-refractivity contribution >= 4 is 34.5 Å². The van der Waals surface area contributed by atoms with Crippen LogP contribution in [-0.4, -0.2) is 34.6 Å². The maximum atomic E-state index is 13.4. The third kappa shape index (κ3) is 4.94. The monoisotopic (exact) mass is 475 g/mol. The van der Waals surface area contributed by atoms with Crippen molar-refractivity contribution in [2.24, 2.45) is 4.99 Å². The van der Waals surface area contributed by atoms with Gasteiger partial charge >= 0.3 is 5.97 Å². The molecule has 0 aliphatic carbocycles. The van der Waals surface area contributed by atoms with Gasteiger partial charge in [0.05, 0.1) is 30.3 Å². The first-order chi connectivity index (χ1) is 16.4. The normalized spacial score (nSPS) is 17.3. The number of carbonyl (C=O) groups is 2. The number of aryl methyl sites for hydroxylation is 1. The quantitative estimate of drug-likeness (QED) is 0.559. The van der Waals surface area contributed by atoms with Crippen LogP contribution in [0.15, 0.2) is 76.3 Å². The Bertz CT molecular complexity index is 1170. The van der Waals surface area contributed by atoms with Gasteiger partial charge in [-0.1, -0.05) is 71.9 Å². The second kappa shape index (κ2) is 10.3. The largest absolute Gasteiger partial charge is 0.463 e. The minimum absolute atomic E-state index is 0.0456. The van der Waals surface area contributed by atoms with E-state index in [4.69, 9.17) is 9.73 Å². The number of rotatable bonds is 7. The summed E-state index contributed by atoms with van der Waals surface area (Å²) in [5.74, 6) is -0.473. The maximum Gasteiger partial charge on any atom is 0.338 e. The number of nitrogens with one attached hydrogen (secondary N) is 1. The summed E-state index contributed by atoms with van der Waals surface area (Å²) in [6.45, 7) is 7.96. The number of fused-ring (bicyclic) bond motifs is 1. The lowest BCUT2D eigenvalue weighted by Crippen LogP contribution is -2.38. The summed E-state index contributed by atoms with van der Waals surface area (Å²) >= 11 is 1.47. The highest BCUT2D eigenvalue weighted by Gasteiger charge is 2.42. The second-order valence-corrected chi connectivity index (χ2v) is 9.39. The molecule has 6 nitrogen and oxygen atoms in total. The van der Waals surface area contributed by atoms with Crippen molar-refractivity contribution in [3.05, 3.63) is 88.0 Å². The lowest BCUT2D eigenvalue weighted by atomic mass is 9.91. The number of carbonyl (C=O) groups excluding carboxylic acids is 2. The molecule has 0 spiro atoms. The molecule has 2 aliphatic rings. The van der Waals surface area contributed by atoms with Crippen molar-refractivity contribution in [2.45, 2.75) is 46.2 Å². The van der Waals surface area contributed by atoms with Crippen molar-refractivity contribution in [2.75, 3.05) is 6.61 Å². The molecule has 0 fully saturated rings. The minimum Gasteiger partial charge on any atom is -0.463 e. The number of amidine groups is 1. The Morgan fingerprint density at radius 1 is 1.12 bits per heavy atom. The molecule has 2 aromatic rings. The molecule has 4 rings (SSSR count). The van der Waals surface area contributed by atoms with E-state index in [0.29, 0.717) is 11.3 Å². The van der Waals surface area contributed by atoms with Gasteiger partial charge in [0.15, 0.2) is 5.17 Å². The van der Waals surface area contributed by atoms with Crippen LogP contribution < -0.4 is 5.32 Å². The predicted octanol–water partition coefficient (Wildman–Crippen LogP) is 5.19. The van der Waals surface area contributed by atoms with E-state index in [9.17, 15) is 9.59 Å². The molecule has 0 unspecified atom stereocenters. The third-order valence-electron chi connectivity index (χ3n) is 5.54. The maximum absolute atomic E-state index is 13.4. The molecule has 1 N–H and O–H groups in total. The summed E-state index contributed by atoms with van der Waals surface area (Å²) in [5.41, 5.74) is 4.79. The van der Waals surface area contributed by atoms with Crippen LogP contribution in [0.4, 0.5) is 0 Å². The molecular formula is C27H29N3O3S. The van der Waals surface area contributed by atoms with Gasteiger partial charge in [-0.15, -0.1) is 0 Å². The van der Waals surface area contributed by atoms with Gasteiger partial charge in [0.2, 0.25) is 5.91 Å². The Morgan fingerprint density at radius 3 is 2.47 bits per heavy atom. The summed E-state index contributed by atoms with van der Waals surface area (Å²) < 4.78 is 5.53. The molecule has 1 atom stereocenters. The fourth-order valence-electron chi connectivity index (χ4n) is 4.09. The average Bonchev–Trinajstić information content (AvgIpc) is 3.21. The van der Waals surface area contributed by atoms with Crippen molar-refractivity contribution in [3.8, 4) is 0 Å². The highest BCUT2D eigenvalue weighted by Crippen LogP contribution is 2.47. The standard InChI is InChI=1S/C27H29N3O3S/c1-5-33-26(32)23-24(19-9-7-6-8-10-19)29-27-30(25(23)20-13-11-18(4)12-14-20)21(16-34-27)15-22(31)28-17(2)3/h6-14,16-17,25H,5,15H2,1-4H3,(H,28,31)/t25-/m1/s1. The molecule has 0 saturated heterocycles. The van der Waals surface area contributed by atoms with Gasteiger partial charge in [-0.2, -0.15) is 0 Å². The fraction of sp³-hybridized carbons (Fsp3) is 0.296. The van der Waals surface area contributed by atoms with Gasteiger partial charge in [0, 0.05) is 17.3 Å². The summed E-state index contributed by atoms with van der Waals surface area (Å²) in [4.78, 5) is 33.0. The SMILES string of the molecule is CCOC(=O)C1=C(c2ccccc2)N=C2SC=C(CC(=O)NC(C)C)N2[C@@H]1c1ccc(C)cc1. The van der Waals surface area contributed by atoms with E-state index in [2.05, 4.69) is 5.32 Å². The van der Waals surface area contributed by atoms with E-state index in [0.717, 1.165) is 27.6 Å². The molecule has 0 radical (unpaired) electrons. The predicted molar refractivity (Wildman–Crippen MR) is 137 cm³/mol. The third-order valence-corrected chi connectivity index (χ3v) is 6.43. The van der Waals surface area contributed by atoms with Crippen LogP contribution >= 0.6 is 11.8 Å². The fourth-order valence-corrected chi connectivity index (χ4v) is 5.01. The Hall–Kier alpha value is -3.32. The van der Waals surface area contributed by atoms with Crippen molar-refractivity contribution in [3.63, 3.8) is 0 Å². The molecule has 2 aromatic carbocycles. The number of thioether (sulfide) groups is 1. The topological polar surface area (TPSA) is 71.0 Å². The highest BCUT2D eigenvalue weighted by atomic mass is 32.2. The van der Waals surface area contributed by atoms with Gasteiger partial charge in [0.1, 0.15) is 0 Å². The van der Waals surface area contributed by atoms with Crippen molar-refractivity contribution in [1.29, 1.82) is 0 Å². The average molecular weight is 476 g/mol. The van der Waals surface area contributed by atoms with Crippen LogP contribution in [0.25, 0.3) is 5.70 Å². The first-order valence-corrected chi connectivity index (χ1v) is 12.3.